The van der Waals surface area contributed by atoms with Gasteiger partial charge in [0.05, 0.1) is 15.7 Å². The Labute approximate surface area is 141 Å². The van der Waals surface area contributed by atoms with E-state index in [-0.39, 0.29) is 22.9 Å². The third-order valence-electron chi connectivity index (χ3n) is 4.08. The molecule has 7 heteroatoms. The summed E-state index contributed by atoms with van der Waals surface area (Å²) in [5, 5.41) is 0.626. The summed E-state index contributed by atoms with van der Waals surface area (Å²) in [5.74, 6) is -0.118. The first kappa shape index (κ1) is 15.1. The van der Waals surface area contributed by atoms with Crippen molar-refractivity contribution in [2.45, 2.75) is 31.8 Å². The topological polar surface area (TPSA) is 40.6 Å². The minimum Gasteiger partial charge on any atom is -0.329 e. The van der Waals surface area contributed by atoms with Gasteiger partial charge in [0.15, 0.2) is 0 Å². The summed E-state index contributed by atoms with van der Waals surface area (Å²) in [5.41, 5.74) is 0.488. The lowest BCUT2D eigenvalue weighted by Crippen LogP contribution is -2.62. The van der Waals surface area contributed by atoms with Crippen molar-refractivity contribution < 1.29 is 9.59 Å². The Balaban J connectivity index is 2.07. The number of hydrogen-bond acceptors (Lipinski definition) is 2. The molecule has 0 N–H and O–H groups in total. The summed E-state index contributed by atoms with van der Waals surface area (Å²) in [6, 6.07) is 2.51. The maximum atomic E-state index is 12.7. The van der Waals surface area contributed by atoms with Crippen molar-refractivity contribution in [3.63, 3.8) is 0 Å². The van der Waals surface area contributed by atoms with Gasteiger partial charge in [-0.25, -0.2) is 0 Å². The fourth-order valence-electron chi connectivity index (χ4n) is 3.02. The van der Waals surface area contributed by atoms with Gasteiger partial charge in [-0.05, 0) is 47.8 Å². The molecule has 0 saturated carbocycles. The number of halogens is 3. The Bertz CT molecular complexity index is 638. The van der Waals surface area contributed by atoms with E-state index in [1.807, 2.05) is 0 Å². The number of nitrogens with zero attached hydrogens (tertiary/aromatic N) is 2. The van der Waals surface area contributed by atoms with Crippen LogP contribution in [-0.4, -0.2) is 35.3 Å². The average molecular weight is 392 g/mol. The minimum atomic E-state index is -0.568. The van der Waals surface area contributed by atoms with Gasteiger partial charge in [0.1, 0.15) is 12.1 Å². The van der Waals surface area contributed by atoms with Crippen molar-refractivity contribution in [3.8, 4) is 0 Å². The van der Waals surface area contributed by atoms with Crippen LogP contribution < -0.4 is 4.90 Å². The van der Waals surface area contributed by atoms with Crippen molar-refractivity contribution in [1.29, 1.82) is 0 Å². The predicted molar refractivity (Wildman–Crippen MR) is 85.8 cm³/mol. The smallest absolute Gasteiger partial charge is 0.250 e. The van der Waals surface area contributed by atoms with Crippen molar-refractivity contribution in [2.75, 3.05) is 11.4 Å². The summed E-state index contributed by atoms with van der Waals surface area (Å²) in [4.78, 5) is 28.3. The highest BCUT2D eigenvalue weighted by atomic mass is 79.9. The second kappa shape index (κ2) is 5.45. The van der Waals surface area contributed by atoms with Gasteiger partial charge in [-0.1, -0.05) is 23.2 Å². The first-order valence-corrected chi connectivity index (χ1v) is 8.25. The number of carbonyl (C=O) groups is 2. The van der Waals surface area contributed by atoms with E-state index >= 15 is 0 Å². The lowest BCUT2D eigenvalue weighted by atomic mass is 10.1. The van der Waals surface area contributed by atoms with Crippen LogP contribution in [0.4, 0.5) is 5.69 Å². The van der Waals surface area contributed by atoms with Gasteiger partial charge < -0.3 is 4.90 Å². The third kappa shape index (κ3) is 2.26. The van der Waals surface area contributed by atoms with E-state index in [0.717, 1.165) is 6.42 Å². The molecule has 0 aromatic heterocycles. The number of carbonyl (C=O) groups excluding carboxylic acids is 2. The molecular formula is C14H13BrCl2N2O2. The van der Waals surface area contributed by atoms with Crippen LogP contribution >= 0.6 is 39.1 Å². The molecule has 0 bridgehead atoms. The quantitative estimate of drug-likeness (QED) is 0.687. The van der Waals surface area contributed by atoms with E-state index in [1.54, 1.807) is 24.0 Å². The van der Waals surface area contributed by atoms with E-state index in [0.29, 0.717) is 28.1 Å². The Morgan fingerprint density at radius 2 is 1.90 bits per heavy atom. The molecule has 2 heterocycles. The fourth-order valence-corrected chi connectivity index (χ4v) is 3.88. The van der Waals surface area contributed by atoms with E-state index in [9.17, 15) is 9.59 Å². The normalized spacial score (nSPS) is 25.5. The molecule has 2 amide bonds. The van der Waals surface area contributed by atoms with Crippen LogP contribution in [0.3, 0.4) is 0 Å². The monoisotopic (exact) mass is 390 g/mol. The highest BCUT2D eigenvalue weighted by molar-refractivity contribution is 9.10. The molecule has 112 valence electrons. The molecule has 2 atom stereocenters. The first-order chi connectivity index (χ1) is 9.93. The predicted octanol–water partition coefficient (Wildman–Crippen LogP) is 3.48. The number of piperazine rings is 1. The summed E-state index contributed by atoms with van der Waals surface area (Å²) in [7, 11) is 0. The molecule has 1 aromatic carbocycles. The molecule has 0 spiro atoms. The maximum absolute atomic E-state index is 12.7. The molecular weight excluding hydrogens is 379 g/mol. The van der Waals surface area contributed by atoms with Crippen LogP contribution in [0.5, 0.6) is 0 Å². The number of benzene rings is 1. The summed E-state index contributed by atoms with van der Waals surface area (Å²) < 4.78 is 0.656. The Kier molecular flexibility index (Phi) is 3.93. The molecule has 2 aliphatic rings. The zero-order valence-electron chi connectivity index (χ0n) is 11.3. The molecule has 0 radical (unpaired) electrons. The molecule has 3 rings (SSSR count). The van der Waals surface area contributed by atoms with Crippen molar-refractivity contribution >= 4 is 56.6 Å². The fraction of sp³-hybridized carbons (Fsp3) is 0.429. The van der Waals surface area contributed by atoms with Crippen molar-refractivity contribution in [2.24, 2.45) is 0 Å². The van der Waals surface area contributed by atoms with Crippen LogP contribution in [0, 0.1) is 0 Å². The molecule has 2 fully saturated rings. The van der Waals surface area contributed by atoms with Crippen LogP contribution in [0.25, 0.3) is 0 Å². The Hall–Kier alpha value is -0.780. The lowest BCUT2D eigenvalue weighted by molar-refractivity contribution is -0.143. The largest absolute Gasteiger partial charge is 0.329 e. The first-order valence-electron chi connectivity index (χ1n) is 6.70. The van der Waals surface area contributed by atoms with Gasteiger partial charge >= 0.3 is 0 Å². The van der Waals surface area contributed by atoms with Gasteiger partial charge in [0, 0.05) is 11.0 Å². The number of hydrogen-bond donors (Lipinski definition) is 0. The van der Waals surface area contributed by atoms with Gasteiger partial charge in [-0.2, -0.15) is 0 Å². The van der Waals surface area contributed by atoms with E-state index in [4.69, 9.17) is 23.2 Å². The van der Waals surface area contributed by atoms with Crippen LogP contribution in [0.15, 0.2) is 16.6 Å². The second-order valence-electron chi connectivity index (χ2n) is 5.27. The van der Waals surface area contributed by atoms with E-state index in [1.165, 1.54) is 4.90 Å². The number of rotatable bonds is 1. The highest BCUT2D eigenvalue weighted by Crippen LogP contribution is 2.40. The Morgan fingerprint density at radius 1 is 1.19 bits per heavy atom. The van der Waals surface area contributed by atoms with E-state index in [2.05, 4.69) is 15.9 Å². The van der Waals surface area contributed by atoms with Crippen molar-refractivity contribution in [3.05, 3.63) is 26.7 Å². The molecule has 21 heavy (non-hydrogen) atoms. The van der Waals surface area contributed by atoms with E-state index < -0.39 is 6.04 Å². The number of anilines is 1. The summed E-state index contributed by atoms with van der Waals surface area (Å²) in [6.07, 6.45) is 1.56. The Morgan fingerprint density at radius 3 is 2.62 bits per heavy atom. The molecule has 0 aliphatic carbocycles. The molecule has 1 aromatic rings. The number of fused-ring (bicyclic) bond motifs is 1. The minimum absolute atomic E-state index is 0.0350. The molecule has 2 saturated heterocycles. The maximum Gasteiger partial charge on any atom is 0.250 e. The van der Waals surface area contributed by atoms with Crippen molar-refractivity contribution in [1.82, 2.24) is 4.90 Å². The molecule has 4 nitrogen and oxygen atoms in total. The van der Waals surface area contributed by atoms with Gasteiger partial charge in [-0.15, -0.1) is 0 Å². The molecule has 2 aliphatic heterocycles. The lowest BCUT2D eigenvalue weighted by Gasteiger charge is -2.41. The standard InChI is InChI=1S/C14H13BrCl2N2O2/c1-7-13(20)18-6-2-3-10(18)14(21)19(7)9-5-4-8(15)11(16)12(9)17/h4-5,7,10H,2-3,6H2,1H3. The zero-order valence-corrected chi connectivity index (χ0v) is 14.4. The highest BCUT2D eigenvalue weighted by Gasteiger charge is 2.47. The third-order valence-corrected chi connectivity index (χ3v) is 5.84. The SMILES string of the molecule is CC1C(=O)N2CCCC2C(=O)N1c1ccc(Br)c(Cl)c1Cl. The van der Waals surface area contributed by atoms with Crippen LogP contribution in [-0.2, 0) is 9.59 Å². The van der Waals surface area contributed by atoms with Crippen LogP contribution in [0.1, 0.15) is 19.8 Å². The summed E-state index contributed by atoms with van der Waals surface area (Å²) >= 11 is 15.7. The average Bonchev–Trinajstić information content (AvgIpc) is 2.95. The van der Waals surface area contributed by atoms with Gasteiger partial charge in [-0.3, -0.25) is 14.5 Å². The summed E-state index contributed by atoms with van der Waals surface area (Å²) in [6.45, 7) is 2.38. The van der Waals surface area contributed by atoms with Gasteiger partial charge in [0.2, 0.25) is 5.91 Å². The second-order valence-corrected chi connectivity index (χ2v) is 6.88. The zero-order chi connectivity index (χ0) is 15.3. The van der Waals surface area contributed by atoms with Crippen LogP contribution in [0.2, 0.25) is 10.0 Å². The number of amides is 2. The molecule has 2 unspecified atom stereocenters. The van der Waals surface area contributed by atoms with Gasteiger partial charge in [0.25, 0.3) is 5.91 Å².